The summed E-state index contributed by atoms with van der Waals surface area (Å²) in [5.41, 5.74) is -0.398. The third-order valence-corrected chi connectivity index (χ3v) is 4.47. The van der Waals surface area contributed by atoms with Crippen molar-refractivity contribution in [1.29, 1.82) is 0 Å². The Morgan fingerprint density at radius 3 is 2.52 bits per heavy atom. The molecule has 1 aliphatic heterocycles. The van der Waals surface area contributed by atoms with E-state index in [4.69, 9.17) is 4.74 Å². The Labute approximate surface area is 129 Å². The molecule has 4 nitrogen and oxygen atoms in total. The van der Waals surface area contributed by atoms with Gasteiger partial charge in [0.15, 0.2) is 0 Å². The van der Waals surface area contributed by atoms with E-state index >= 15 is 0 Å². The van der Waals surface area contributed by atoms with Gasteiger partial charge in [0, 0.05) is 19.1 Å². The van der Waals surface area contributed by atoms with Gasteiger partial charge in [0.05, 0.1) is 0 Å². The van der Waals surface area contributed by atoms with Crippen molar-refractivity contribution >= 4 is 6.09 Å². The first-order valence-corrected chi connectivity index (χ1v) is 8.65. The van der Waals surface area contributed by atoms with Gasteiger partial charge in [-0.05, 0) is 58.9 Å². The highest BCUT2D eigenvalue weighted by Gasteiger charge is 2.27. The highest BCUT2D eigenvalue weighted by molar-refractivity contribution is 5.68. The lowest BCUT2D eigenvalue weighted by Crippen LogP contribution is -2.46. The summed E-state index contributed by atoms with van der Waals surface area (Å²) in [7, 11) is 0. The molecule has 2 aliphatic rings. The second-order valence-electron chi connectivity index (χ2n) is 7.68. The van der Waals surface area contributed by atoms with Crippen LogP contribution in [-0.2, 0) is 4.74 Å². The number of carbonyl (C=O) groups excluding carboxylic acids is 1. The predicted molar refractivity (Wildman–Crippen MR) is 85.4 cm³/mol. The zero-order chi connectivity index (χ0) is 15.3. The summed E-state index contributed by atoms with van der Waals surface area (Å²) < 4.78 is 5.49. The first kappa shape index (κ1) is 16.6. The van der Waals surface area contributed by atoms with Crippen LogP contribution in [0.4, 0.5) is 4.79 Å². The summed E-state index contributed by atoms with van der Waals surface area (Å²) in [6.07, 6.45) is 8.94. The van der Waals surface area contributed by atoms with E-state index in [-0.39, 0.29) is 6.09 Å². The average molecular weight is 296 g/mol. The molecule has 122 valence electrons. The molecule has 0 unspecified atom stereocenters. The van der Waals surface area contributed by atoms with Crippen LogP contribution in [0.3, 0.4) is 0 Å². The largest absolute Gasteiger partial charge is 0.444 e. The van der Waals surface area contributed by atoms with E-state index in [1.807, 2.05) is 25.7 Å². The molecule has 0 aromatic carbocycles. The van der Waals surface area contributed by atoms with Crippen LogP contribution in [0.1, 0.15) is 65.7 Å². The molecule has 1 aliphatic carbocycles. The number of piperidine rings is 1. The van der Waals surface area contributed by atoms with Crippen molar-refractivity contribution < 1.29 is 9.53 Å². The average Bonchev–Trinajstić information content (AvgIpc) is 2.45. The van der Waals surface area contributed by atoms with Crippen LogP contribution >= 0.6 is 0 Å². The van der Waals surface area contributed by atoms with Gasteiger partial charge in [-0.1, -0.05) is 19.3 Å². The van der Waals surface area contributed by atoms with E-state index in [9.17, 15) is 4.79 Å². The molecular formula is C17H32N2O2. The van der Waals surface area contributed by atoms with Crippen molar-refractivity contribution in [2.75, 3.05) is 19.6 Å². The molecule has 1 heterocycles. The molecule has 21 heavy (non-hydrogen) atoms. The van der Waals surface area contributed by atoms with Gasteiger partial charge in [-0.25, -0.2) is 4.79 Å². The Hall–Kier alpha value is -0.770. The standard InChI is InChI=1S/C17H32N2O2/c1-17(2,3)21-16(20)19-11-7-8-14(13-19)12-18-15-9-5-4-6-10-15/h14-15,18H,4-13H2,1-3H3/t14-/m0/s1. The summed E-state index contributed by atoms with van der Waals surface area (Å²) in [5, 5.41) is 3.72. The Bertz CT molecular complexity index is 332. The predicted octanol–water partition coefficient (Wildman–Crippen LogP) is 3.56. The van der Waals surface area contributed by atoms with Gasteiger partial charge >= 0.3 is 6.09 Å². The highest BCUT2D eigenvalue weighted by atomic mass is 16.6. The minimum atomic E-state index is -0.398. The molecule has 0 aromatic heterocycles. The zero-order valence-corrected chi connectivity index (χ0v) is 14.0. The molecule has 0 spiro atoms. The second kappa shape index (κ2) is 7.48. The Morgan fingerprint density at radius 1 is 1.14 bits per heavy atom. The third-order valence-electron chi connectivity index (χ3n) is 4.47. The molecule has 1 saturated heterocycles. The Morgan fingerprint density at radius 2 is 1.86 bits per heavy atom. The molecule has 4 heteroatoms. The minimum absolute atomic E-state index is 0.148. The van der Waals surface area contributed by atoms with E-state index in [1.54, 1.807) is 0 Å². The number of nitrogens with zero attached hydrogens (tertiary/aromatic N) is 1. The molecule has 1 saturated carbocycles. The van der Waals surface area contributed by atoms with Crippen LogP contribution in [0.5, 0.6) is 0 Å². The third kappa shape index (κ3) is 5.85. The van der Waals surface area contributed by atoms with E-state index in [0.717, 1.165) is 26.1 Å². The lowest BCUT2D eigenvalue weighted by atomic mass is 9.93. The van der Waals surface area contributed by atoms with Gasteiger partial charge in [0.2, 0.25) is 0 Å². The molecular weight excluding hydrogens is 264 g/mol. The van der Waals surface area contributed by atoms with Crippen LogP contribution in [0.15, 0.2) is 0 Å². The normalized spacial score (nSPS) is 24.9. The van der Waals surface area contributed by atoms with E-state index in [1.165, 1.54) is 38.5 Å². The lowest BCUT2D eigenvalue weighted by Gasteiger charge is -2.35. The fourth-order valence-corrected chi connectivity index (χ4v) is 3.36. The maximum atomic E-state index is 12.1. The number of carbonyl (C=O) groups is 1. The summed E-state index contributed by atoms with van der Waals surface area (Å²) in [6.45, 7) is 8.51. The number of likely N-dealkylation sites (tertiary alicyclic amines) is 1. The minimum Gasteiger partial charge on any atom is -0.444 e. The highest BCUT2D eigenvalue weighted by Crippen LogP contribution is 2.21. The molecule has 0 radical (unpaired) electrons. The van der Waals surface area contributed by atoms with Gasteiger partial charge < -0.3 is 15.0 Å². The fourth-order valence-electron chi connectivity index (χ4n) is 3.36. The first-order chi connectivity index (χ1) is 9.94. The van der Waals surface area contributed by atoms with Crippen LogP contribution in [0.2, 0.25) is 0 Å². The van der Waals surface area contributed by atoms with Gasteiger partial charge in [-0.2, -0.15) is 0 Å². The molecule has 2 fully saturated rings. The fraction of sp³-hybridized carbons (Fsp3) is 0.941. The molecule has 0 aromatic rings. The monoisotopic (exact) mass is 296 g/mol. The number of nitrogens with one attached hydrogen (secondary N) is 1. The Kier molecular flexibility index (Phi) is 5.91. The van der Waals surface area contributed by atoms with Gasteiger partial charge in [0.1, 0.15) is 5.60 Å². The zero-order valence-electron chi connectivity index (χ0n) is 14.0. The van der Waals surface area contributed by atoms with E-state index in [2.05, 4.69) is 5.32 Å². The smallest absolute Gasteiger partial charge is 0.410 e. The van der Waals surface area contributed by atoms with Crippen molar-refractivity contribution in [3.8, 4) is 0 Å². The Balaban J connectivity index is 1.73. The SMILES string of the molecule is CC(C)(C)OC(=O)N1CCC[C@@H](CNC2CCCCC2)C1. The molecule has 1 N–H and O–H groups in total. The number of ether oxygens (including phenoxy) is 1. The molecule has 1 atom stereocenters. The summed E-state index contributed by atoms with van der Waals surface area (Å²) in [4.78, 5) is 14.0. The van der Waals surface area contributed by atoms with Gasteiger partial charge in [0.25, 0.3) is 0 Å². The van der Waals surface area contributed by atoms with Crippen molar-refractivity contribution in [3.05, 3.63) is 0 Å². The number of hydrogen-bond donors (Lipinski definition) is 1. The van der Waals surface area contributed by atoms with Crippen LogP contribution in [0, 0.1) is 5.92 Å². The molecule has 2 rings (SSSR count). The van der Waals surface area contributed by atoms with E-state index < -0.39 is 5.60 Å². The first-order valence-electron chi connectivity index (χ1n) is 8.65. The summed E-state index contributed by atoms with van der Waals surface area (Å²) in [5.74, 6) is 0.577. The lowest BCUT2D eigenvalue weighted by molar-refractivity contribution is 0.0165. The second-order valence-corrected chi connectivity index (χ2v) is 7.68. The van der Waals surface area contributed by atoms with Crippen LogP contribution in [0.25, 0.3) is 0 Å². The van der Waals surface area contributed by atoms with Crippen molar-refractivity contribution in [2.24, 2.45) is 5.92 Å². The van der Waals surface area contributed by atoms with Gasteiger partial charge in [-0.3, -0.25) is 0 Å². The number of amides is 1. The van der Waals surface area contributed by atoms with Gasteiger partial charge in [-0.15, -0.1) is 0 Å². The summed E-state index contributed by atoms with van der Waals surface area (Å²) in [6, 6.07) is 0.704. The number of rotatable bonds is 3. The molecule has 0 bridgehead atoms. The van der Waals surface area contributed by atoms with Crippen molar-refractivity contribution in [2.45, 2.75) is 77.4 Å². The number of hydrogen-bond acceptors (Lipinski definition) is 3. The maximum absolute atomic E-state index is 12.1. The van der Waals surface area contributed by atoms with E-state index in [0.29, 0.717) is 12.0 Å². The molecule has 1 amide bonds. The quantitative estimate of drug-likeness (QED) is 0.866. The van der Waals surface area contributed by atoms with Crippen LogP contribution in [-0.4, -0.2) is 42.3 Å². The van der Waals surface area contributed by atoms with Crippen LogP contribution < -0.4 is 5.32 Å². The summed E-state index contributed by atoms with van der Waals surface area (Å²) >= 11 is 0. The van der Waals surface area contributed by atoms with Crippen molar-refractivity contribution in [1.82, 2.24) is 10.2 Å². The maximum Gasteiger partial charge on any atom is 0.410 e. The van der Waals surface area contributed by atoms with Crippen molar-refractivity contribution in [3.63, 3.8) is 0 Å². The topological polar surface area (TPSA) is 41.6 Å².